The zero-order chi connectivity index (χ0) is 22.6. The molecule has 0 saturated heterocycles. The lowest BCUT2D eigenvalue weighted by Gasteiger charge is -2.60. The molecular formula is C22H25F3N2O4. The number of halogens is 3. The zero-order valence-corrected chi connectivity index (χ0v) is 17.4. The molecule has 1 aromatic rings. The van der Waals surface area contributed by atoms with Crippen molar-refractivity contribution in [1.29, 1.82) is 0 Å². The van der Waals surface area contributed by atoms with Crippen molar-refractivity contribution in [3.63, 3.8) is 0 Å². The summed E-state index contributed by atoms with van der Waals surface area (Å²) in [5.74, 6) is -5.47. The van der Waals surface area contributed by atoms with Crippen LogP contribution in [0.2, 0.25) is 0 Å². The first kappa shape index (κ1) is 21.6. The van der Waals surface area contributed by atoms with Crippen LogP contribution in [-0.4, -0.2) is 29.4 Å². The Kier molecular flexibility index (Phi) is 5.26. The van der Waals surface area contributed by atoms with Crippen LogP contribution in [0.1, 0.15) is 52.4 Å². The summed E-state index contributed by atoms with van der Waals surface area (Å²) in [6, 6.07) is 1.60. The van der Waals surface area contributed by atoms with Crippen molar-refractivity contribution in [2.24, 2.45) is 17.3 Å². The Bertz CT molecular complexity index is 937. The molecule has 2 N–H and O–H groups in total. The molecule has 4 saturated carbocycles. The summed E-state index contributed by atoms with van der Waals surface area (Å²) < 4.78 is 45.7. The van der Waals surface area contributed by atoms with Crippen LogP contribution in [0, 0.1) is 34.7 Å². The summed E-state index contributed by atoms with van der Waals surface area (Å²) >= 11 is 0. The summed E-state index contributed by atoms with van der Waals surface area (Å²) in [6.07, 6.45) is 3.20. The van der Waals surface area contributed by atoms with Crippen LogP contribution in [0.25, 0.3) is 0 Å². The van der Waals surface area contributed by atoms with Crippen molar-refractivity contribution in [2.45, 2.75) is 64.0 Å². The molecule has 4 fully saturated rings. The smallest absolute Gasteiger partial charge is 0.312 e. The summed E-state index contributed by atoms with van der Waals surface area (Å²) in [5.41, 5.74) is -1.73. The molecule has 4 bridgehead atoms. The Morgan fingerprint density at radius 3 is 2.32 bits per heavy atom. The zero-order valence-electron chi connectivity index (χ0n) is 17.4. The van der Waals surface area contributed by atoms with E-state index in [0.29, 0.717) is 37.2 Å². The Morgan fingerprint density at radius 1 is 1.06 bits per heavy atom. The van der Waals surface area contributed by atoms with E-state index in [1.165, 1.54) is 13.8 Å². The molecule has 0 aliphatic heterocycles. The van der Waals surface area contributed by atoms with E-state index in [1.807, 2.05) is 0 Å². The number of nitrogens with one attached hydrogen (secondary N) is 2. The maximum Gasteiger partial charge on any atom is 0.312 e. The molecule has 2 amide bonds. The van der Waals surface area contributed by atoms with E-state index < -0.39 is 52.1 Å². The third-order valence-electron chi connectivity index (χ3n) is 6.88. The molecule has 0 heterocycles. The maximum absolute atomic E-state index is 13.8. The van der Waals surface area contributed by atoms with Crippen LogP contribution >= 0.6 is 0 Å². The fourth-order valence-electron chi connectivity index (χ4n) is 6.22. The molecule has 9 heteroatoms. The van der Waals surface area contributed by atoms with Crippen LogP contribution in [0.3, 0.4) is 0 Å². The molecule has 4 aliphatic carbocycles. The van der Waals surface area contributed by atoms with Crippen molar-refractivity contribution in [2.75, 3.05) is 5.32 Å². The number of esters is 1. The van der Waals surface area contributed by atoms with Gasteiger partial charge >= 0.3 is 5.97 Å². The number of carbonyl (C=O) groups excluding carboxylic acids is 3. The van der Waals surface area contributed by atoms with Crippen LogP contribution in [-0.2, 0) is 19.1 Å². The summed E-state index contributed by atoms with van der Waals surface area (Å²) in [7, 11) is 0. The van der Waals surface area contributed by atoms with Crippen molar-refractivity contribution in [1.82, 2.24) is 5.32 Å². The van der Waals surface area contributed by atoms with Gasteiger partial charge in [-0.05, 0) is 69.4 Å². The largest absolute Gasteiger partial charge is 0.452 e. The molecule has 0 radical (unpaired) electrons. The number of hydrogen-bond acceptors (Lipinski definition) is 4. The first-order chi connectivity index (χ1) is 14.5. The lowest BCUT2D eigenvalue weighted by atomic mass is 9.47. The highest BCUT2D eigenvalue weighted by Crippen LogP contribution is 2.62. The van der Waals surface area contributed by atoms with Crippen LogP contribution in [0.5, 0.6) is 0 Å². The average Bonchev–Trinajstić information content (AvgIpc) is 2.66. The number of anilines is 1. The fraction of sp³-hybridized carbons (Fsp3) is 0.591. The SMILES string of the molecule is CC(=O)NC12C[C@H]3C[C@@H](C1)CC(C(=O)O[C@@H](C)C(=O)Nc1ccc(F)c(F)c1F)(C3)C2. The molecule has 1 aromatic carbocycles. The van der Waals surface area contributed by atoms with E-state index in [9.17, 15) is 27.6 Å². The highest BCUT2D eigenvalue weighted by molar-refractivity contribution is 5.95. The second kappa shape index (κ2) is 7.53. The van der Waals surface area contributed by atoms with Gasteiger partial charge in [0.05, 0.1) is 11.1 Å². The van der Waals surface area contributed by atoms with Gasteiger partial charge in [0.2, 0.25) is 5.91 Å². The summed E-state index contributed by atoms with van der Waals surface area (Å²) in [5, 5.41) is 5.19. The number of benzene rings is 1. The predicted molar refractivity (Wildman–Crippen MR) is 104 cm³/mol. The van der Waals surface area contributed by atoms with Crippen molar-refractivity contribution in [3.8, 4) is 0 Å². The second-order valence-electron chi connectivity index (χ2n) is 9.46. The molecule has 168 valence electrons. The fourth-order valence-corrected chi connectivity index (χ4v) is 6.22. The monoisotopic (exact) mass is 438 g/mol. The second-order valence-corrected chi connectivity index (χ2v) is 9.46. The van der Waals surface area contributed by atoms with Gasteiger partial charge < -0.3 is 15.4 Å². The van der Waals surface area contributed by atoms with Gasteiger partial charge in [0.15, 0.2) is 23.6 Å². The Hall–Kier alpha value is -2.58. The minimum atomic E-state index is -1.70. The third-order valence-corrected chi connectivity index (χ3v) is 6.88. The van der Waals surface area contributed by atoms with Gasteiger partial charge in [0.1, 0.15) is 0 Å². The molecule has 2 unspecified atom stereocenters. The lowest BCUT2D eigenvalue weighted by molar-refractivity contribution is -0.181. The van der Waals surface area contributed by atoms with Gasteiger partial charge in [-0.15, -0.1) is 0 Å². The first-order valence-corrected chi connectivity index (χ1v) is 10.5. The predicted octanol–water partition coefficient (Wildman–Crippen LogP) is 3.45. The van der Waals surface area contributed by atoms with E-state index in [-0.39, 0.29) is 5.91 Å². The van der Waals surface area contributed by atoms with Crippen molar-refractivity contribution < 1.29 is 32.3 Å². The highest BCUT2D eigenvalue weighted by atomic mass is 19.2. The number of rotatable bonds is 5. The topological polar surface area (TPSA) is 84.5 Å². The quantitative estimate of drug-likeness (QED) is 0.545. The molecule has 5 rings (SSSR count). The molecular weight excluding hydrogens is 413 g/mol. The molecule has 4 aliphatic rings. The van der Waals surface area contributed by atoms with Crippen molar-refractivity contribution in [3.05, 3.63) is 29.6 Å². The van der Waals surface area contributed by atoms with Gasteiger partial charge in [-0.1, -0.05) is 0 Å². The molecule has 31 heavy (non-hydrogen) atoms. The highest BCUT2D eigenvalue weighted by Gasteiger charge is 2.61. The van der Waals surface area contributed by atoms with Gasteiger partial charge in [-0.3, -0.25) is 14.4 Å². The Balaban J connectivity index is 1.46. The Labute approximate surface area is 177 Å². The van der Waals surface area contributed by atoms with Crippen LogP contribution in [0.4, 0.5) is 18.9 Å². The normalized spacial score (nSPS) is 31.8. The maximum atomic E-state index is 13.8. The van der Waals surface area contributed by atoms with E-state index in [4.69, 9.17) is 4.74 Å². The first-order valence-electron chi connectivity index (χ1n) is 10.5. The van der Waals surface area contributed by atoms with Gasteiger partial charge in [-0.25, -0.2) is 13.2 Å². The van der Waals surface area contributed by atoms with Gasteiger partial charge in [0.25, 0.3) is 5.91 Å². The number of ether oxygens (including phenoxy) is 1. The number of hydrogen-bond donors (Lipinski definition) is 2. The summed E-state index contributed by atoms with van der Waals surface area (Å²) in [4.78, 5) is 37.3. The van der Waals surface area contributed by atoms with Gasteiger partial charge in [-0.2, -0.15) is 0 Å². The average molecular weight is 438 g/mol. The third kappa shape index (κ3) is 3.90. The van der Waals surface area contributed by atoms with Gasteiger partial charge in [0, 0.05) is 12.5 Å². The molecule has 0 spiro atoms. The van der Waals surface area contributed by atoms with E-state index in [0.717, 1.165) is 25.3 Å². The molecule has 0 aromatic heterocycles. The minimum Gasteiger partial charge on any atom is -0.452 e. The molecule has 6 nitrogen and oxygen atoms in total. The lowest BCUT2D eigenvalue weighted by Crippen LogP contribution is -2.65. The Morgan fingerprint density at radius 2 is 1.71 bits per heavy atom. The standard InChI is InChI=1S/C22H25F3N2O4/c1-11(19(29)26-16-4-3-15(23)17(24)18(16)25)31-20(30)21-6-13-5-14(7-21)9-22(8-13,10-21)27-12(2)28/h3-4,11,13-14H,5-10H2,1-2H3,(H,26,29)(H,27,28)/t11-,13-,14+,21?,22?/m0/s1. The number of carbonyl (C=O) groups is 3. The van der Waals surface area contributed by atoms with E-state index in [1.54, 1.807) is 0 Å². The van der Waals surface area contributed by atoms with Crippen LogP contribution < -0.4 is 10.6 Å². The van der Waals surface area contributed by atoms with Crippen LogP contribution in [0.15, 0.2) is 12.1 Å². The van der Waals surface area contributed by atoms with E-state index >= 15 is 0 Å². The van der Waals surface area contributed by atoms with Crippen molar-refractivity contribution >= 4 is 23.5 Å². The molecule has 5 atom stereocenters. The number of amides is 2. The minimum absolute atomic E-state index is 0.133. The van der Waals surface area contributed by atoms with E-state index in [2.05, 4.69) is 10.6 Å². The summed E-state index contributed by atoms with van der Waals surface area (Å²) in [6.45, 7) is 2.81.